The zero-order chi connectivity index (χ0) is 14.5. The second-order valence-corrected chi connectivity index (χ2v) is 5.09. The molecule has 2 aromatic rings. The Hall–Kier alpha value is -1.52. The smallest absolute Gasteiger partial charge is 0.145 e. The monoisotopic (exact) mass is 293 g/mol. The molecule has 0 aliphatic carbocycles. The molecule has 20 heavy (non-hydrogen) atoms. The highest BCUT2D eigenvalue weighted by atomic mass is 35.5. The summed E-state index contributed by atoms with van der Waals surface area (Å²) in [6.45, 7) is 4.75. The molecule has 0 fully saturated rings. The summed E-state index contributed by atoms with van der Waals surface area (Å²) in [6, 6.07) is 4.82. The first-order chi connectivity index (χ1) is 9.60. The van der Waals surface area contributed by atoms with E-state index in [1.54, 1.807) is 18.5 Å². The lowest BCUT2D eigenvalue weighted by atomic mass is 10.0. The topological polar surface area (TPSA) is 37.8 Å². The fourth-order valence-corrected chi connectivity index (χ4v) is 2.10. The Morgan fingerprint density at radius 3 is 2.60 bits per heavy atom. The van der Waals surface area contributed by atoms with Gasteiger partial charge in [0.2, 0.25) is 0 Å². The SMILES string of the molecule is CCNC(Cc1ccc(Cl)c(F)c1)c1ncc(C)cn1. The van der Waals surface area contributed by atoms with Crippen LogP contribution >= 0.6 is 11.6 Å². The van der Waals surface area contributed by atoms with E-state index < -0.39 is 5.82 Å². The average Bonchev–Trinajstić information content (AvgIpc) is 2.43. The number of halogens is 2. The van der Waals surface area contributed by atoms with Crippen LogP contribution in [0.15, 0.2) is 30.6 Å². The summed E-state index contributed by atoms with van der Waals surface area (Å²) < 4.78 is 13.5. The largest absolute Gasteiger partial charge is 0.307 e. The molecule has 0 radical (unpaired) electrons. The molecular formula is C15H17ClFN3. The number of benzene rings is 1. The molecule has 1 N–H and O–H groups in total. The van der Waals surface area contributed by atoms with Crippen LogP contribution in [0.5, 0.6) is 0 Å². The van der Waals surface area contributed by atoms with Crippen molar-refractivity contribution >= 4 is 11.6 Å². The van der Waals surface area contributed by atoms with E-state index in [1.807, 2.05) is 19.9 Å². The standard InChI is InChI=1S/C15H17ClFN3/c1-3-18-14(15-19-8-10(2)9-20-15)7-11-4-5-12(16)13(17)6-11/h4-6,8-9,14,18H,3,7H2,1-2H3. The van der Waals surface area contributed by atoms with Gasteiger partial charge in [-0.25, -0.2) is 14.4 Å². The number of aromatic nitrogens is 2. The summed E-state index contributed by atoms with van der Waals surface area (Å²) in [6.07, 6.45) is 4.19. The Morgan fingerprint density at radius 2 is 2.00 bits per heavy atom. The molecule has 0 aliphatic rings. The summed E-state index contributed by atoms with van der Waals surface area (Å²) in [5.41, 5.74) is 1.88. The van der Waals surface area contributed by atoms with Crippen molar-refractivity contribution in [2.75, 3.05) is 6.54 Å². The number of nitrogens with one attached hydrogen (secondary N) is 1. The lowest BCUT2D eigenvalue weighted by Gasteiger charge is -2.16. The minimum Gasteiger partial charge on any atom is -0.307 e. The first-order valence-electron chi connectivity index (χ1n) is 6.56. The third-order valence-corrected chi connectivity index (χ3v) is 3.29. The van der Waals surface area contributed by atoms with Crippen molar-refractivity contribution in [3.05, 3.63) is 58.4 Å². The molecule has 0 aliphatic heterocycles. The van der Waals surface area contributed by atoms with Gasteiger partial charge in [-0.1, -0.05) is 24.6 Å². The fourth-order valence-electron chi connectivity index (χ4n) is 1.99. The van der Waals surface area contributed by atoms with Crippen LogP contribution in [0.25, 0.3) is 0 Å². The van der Waals surface area contributed by atoms with Gasteiger partial charge in [0, 0.05) is 12.4 Å². The number of rotatable bonds is 5. The van der Waals surface area contributed by atoms with Crippen LogP contribution in [0.3, 0.4) is 0 Å². The van der Waals surface area contributed by atoms with E-state index in [-0.39, 0.29) is 11.1 Å². The predicted octanol–water partition coefficient (Wildman–Crippen LogP) is 3.47. The Kier molecular flexibility index (Phi) is 5.04. The zero-order valence-electron chi connectivity index (χ0n) is 11.5. The highest BCUT2D eigenvalue weighted by Crippen LogP contribution is 2.20. The van der Waals surface area contributed by atoms with Gasteiger partial charge in [0.25, 0.3) is 0 Å². The second-order valence-electron chi connectivity index (χ2n) is 4.68. The molecular weight excluding hydrogens is 277 g/mol. The minimum absolute atomic E-state index is 0.0406. The molecule has 5 heteroatoms. The number of hydrogen-bond acceptors (Lipinski definition) is 3. The van der Waals surface area contributed by atoms with Crippen LogP contribution in [0.2, 0.25) is 5.02 Å². The van der Waals surface area contributed by atoms with Gasteiger partial charge in [-0.15, -0.1) is 0 Å². The van der Waals surface area contributed by atoms with Gasteiger partial charge in [-0.3, -0.25) is 0 Å². The van der Waals surface area contributed by atoms with Gasteiger partial charge in [0.1, 0.15) is 11.6 Å². The van der Waals surface area contributed by atoms with Gasteiger partial charge in [-0.2, -0.15) is 0 Å². The maximum absolute atomic E-state index is 13.5. The van der Waals surface area contributed by atoms with Crippen molar-refractivity contribution in [1.82, 2.24) is 15.3 Å². The molecule has 0 bridgehead atoms. The van der Waals surface area contributed by atoms with E-state index in [4.69, 9.17) is 11.6 Å². The number of aryl methyl sites for hydroxylation is 1. The third kappa shape index (κ3) is 3.74. The maximum Gasteiger partial charge on any atom is 0.145 e. The average molecular weight is 294 g/mol. The van der Waals surface area contributed by atoms with E-state index >= 15 is 0 Å². The number of nitrogens with zero attached hydrogens (tertiary/aromatic N) is 2. The van der Waals surface area contributed by atoms with Crippen LogP contribution in [-0.4, -0.2) is 16.5 Å². The van der Waals surface area contributed by atoms with E-state index in [0.29, 0.717) is 12.2 Å². The Balaban J connectivity index is 2.20. The molecule has 2 rings (SSSR count). The molecule has 106 valence electrons. The van der Waals surface area contributed by atoms with E-state index in [9.17, 15) is 4.39 Å². The molecule has 1 aromatic carbocycles. The molecule has 0 saturated heterocycles. The van der Waals surface area contributed by atoms with Crippen LogP contribution in [-0.2, 0) is 6.42 Å². The fraction of sp³-hybridized carbons (Fsp3) is 0.333. The molecule has 1 aromatic heterocycles. The maximum atomic E-state index is 13.5. The third-order valence-electron chi connectivity index (χ3n) is 2.99. The van der Waals surface area contributed by atoms with Gasteiger partial charge in [-0.05, 0) is 43.1 Å². The first-order valence-corrected chi connectivity index (χ1v) is 6.93. The summed E-state index contributed by atoms with van der Waals surface area (Å²) in [5.74, 6) is 0.317. The molecule has 1 unspecified atom stereocenters. The van der Waals surface area contributed by atoms with E-state index in [1.165, 1.54) is 6.07 Å². The highest BCUT2D eigenvalue weighted by Gasteiger charge is 2.14. The van der Waals surface area contributed by atoms with E-state index in [0.717, 1.165) is 17.7 Å². The second kappa shape index (κ2) is 6.77. The number of hydrogen-bond donors (Lipinski definition) is 1. The lowest BCUT2D eigenvalue weighted by Crippen LogP contribution is -2.25. The Bertz CT molecular complexity index is 572. The summed E-state index contributed by atoms with van der Waals surface area (Å²) in [7, 11) is 0. The van der Waals surface area contributed by atoms with Crippen molar-refractivity contribution in [1.29, 1.82) is 0 Å². The normalized spacial score (nSPS) is 12.4. The van der Waals surface area contributed by atoms with Crippen LogP contribution in [0.4, 0.5) is 4.39 Å². The lowest BCUT2D eigenvalue weighted by molar-refractivity contribution is 0.519. The van der Waals surface area contributed by atoms with Crippen LogP contribution in [0, 0.1) is 12.7 Å². The molecule has 3 nitrogen and oxygen atoms in total. The van der Waals surface area contributed by atoms with E-state index in [2.05, 4.69) is 15.3 Å². The van der Waals surface area contributed by atoms with Gasteiger partial charge in [0.15, 0.2) is 0 Å². The highest BCUT2D eigenvalue weighted by molar-refractivity contribution is 6.30. The van der Waals surface area contributed by atoms with Crippen LogP contribution < -0.4 is 5.32 Å². The van der Waals surface area contributed by atoms with Crippen molar-refractivity contribution in [2.24, 2.45) is 0 Å². The quantitative estimate of drug-likeness (QED) is 0.917. The minimum atomic E-state index is -0.399. The molecule has 0 amide bonds. The predicted molar refractivity (Wildman–Crippen MR) is 78.3 cm³/mol. The summed E-state index contributed by atoms with van der Waals surface area (Å²) in [4.78, 5) is 8.68. The summed E-state index contributed by atoms with van der Waals surface area (Å²) in [5, 5.41) is 3.46. The molecule has 0 saturated carbocycles. The van der Waals surface area contributed by atoms with Gasteiger partial charge in [0.05, 0.1) is 11.1 Å². The molecule has 0 spiro atoms. The summed E-state index contributed by atoms with van der Waals surface area (Å²) >= 11 is 5.70. The molecule has 1 atom stereocenters. The van der Waals surface area contributed by atoms with Crippen molar-refractivity contribution in [2.45, 2.75) is 26.3 Å². The van der Waals surface area contributed by atoms with Crippen LogP contribution in [0.1, 0.15) is 29.9 Å². The Morgan fingerprint density at radius 1 is 1.30 bits per heavy atom. The Labute approximate surface area is 123 Å². The number of likely N-dealkylation sites (N-methyl/N-ethyl adjacent to an activating group) is 1. The van der Waals surface area contributed by atoms with Crippen molar-refractivity contribution in [3.63, 3.8) is 0 Å². The first kappa shape index (κ1) is 14.9. The van der Waals surface area contributed by atoms with Crippen molar-refractivity contribution in [3.8, 4) is 0 Å². The van der Waals surface area contributed by atoms with Gasteiger partial charge < -0.3 is 5.32 Å². The van der Waals surface area contributed by atoms with Crippen molar-refractivity contribution < 1.29 is 4.39 Å². The van der Waals surface area contributed by atoms with Gasteiger partial charge >= 0.3 is 0 Å². The zero-order valence-corrected chi connectivity index (χ0v) is 12.3. The molecule has 1 heterocycles.